The molecular formula is C14H11Br2ClO2. The third-order valence-electron chi connectivity index (χ3n) is 2.32. The summed E-state index contributed by atoms with van der Waals surface area (Å²) in [5.74, 6) is 1.47. The molecule has 0 fully saturated rings. The quantitative estimate of drug-likeness (QED) is 0.626. The summed E-state index contributed by atoms with van der Waals surface area (Å²) >= 11 is 12.8. The highest BCUT2D eigenvalue weighted by molar-refractivity contribution is 9.10. The molecule has 0 heterocycles. The van der Waals surface area contributed by atoms with E-state index in [2.05, 4.69) is 31.9 Å². The molecule has 0 N–H and O–H groups in total. The van der Waals surface area contributed by atoms with Crippen molar-refractivity contribution in [3.05, 3.63) is 56.4 Å². The molecule has 0 radical (unpaired) electrons. The van der Waals surface area contributed by atoms with Crippen molar-refractivity contribution in [2.24, 2.45) is 0 Å². The van der Waals surface area contributed by atoms with E-state index < -0.39 is 0 Å². The van der Waals surface area contributed by atoms with Crippen LogP contribution in [0.5, 0.6) is 11.5 Å². The molecular weight excluding hydrogens is 395 g/mol. The van der Waals surface area contributed by atoms with Crippen LogP contribution in [0.25, 0.3) is 0 Å². The predicted octanol–water partition coefficient (Wildman–Crippen LogP) is 5.32. The molecule has 0 atom stereocenters. The summed E-state index contributed by atoms with van der Waals surface area (Å²) in [6, 6.07) is 13.2. The minimum Gasteiger partial charge on any atom is -0.490 e. The summed E-state index contributed by atoms with van der Waals surface area (Å²) in [6.07, 6.45) is 0. The van der Waals surface area contributed by atoms with E-state index in [4.69, 9.17) is 21.1 Å². The van der Waals surface area contributed by atoms with E-state index >= 15 is 0 Å². The highest BCUT2D eigenvalue weighted by atomic mass is 79.9. The van der Waals surface area contributed by atoms with Gasteiger partial charge in [-0.25, -0.2) is 0 Å². The maximum atomic E-state index is 6.04. The van der Waals surface area contributed by atoms with Gasteiger partial charge in [-0.05, 0) is 42.5 Å². The zero-order chi connectivity index (χ0) is 13.7. The Labute approximate surface area is 133 Å². The third kappa shape index (κ3) is 4.71. The molecule has 0 spiro atoms. The average molecular weight is 407 g/mol. The fraction of sp³-hybridized carbons (Fsp3) is 0.143. The van der Waals surface area contributed by atoms with Crippen molar-refractivity contribution in [1.29, 1.82) is 0 Å². The first kappa shape index (κ1) is 14.7. The second-order valence-electron chi connectivity index (χ2n) is 3.73. The van der Waals surface area contributed by atoms with Crippen LogP contribution in [0, 0.1) is 0 Å². The Hall–Kier alpha value is -0.710. The van der Waals surface area contributed by atoms with E-state index in [-0.39, 0.29) is 0 Å². The normalized spacial score (nSPS) is 10.3. The van der Waals surface area contributed by atoms with Gasteiger partial charge in [0.2, 0.25) is 0 Å². The highest BCUT2D eigenvalue weighted by Gasteiger charge is 2.02. The Morgan fingerprint density at radius 1 is 0.842 bits per heavy atom. The Morgan fingerprint density at radius 2 is 1.47 bits per heavy atom. The first-order valence-corrected chi connectivity index (χ1v) is 7.58. The molecule has 2 aromatic rings. The van der Waals surface area contributed by atoms with Crippen LogP contribution in [-0.4, -0.2) is 13.2 Å². The molecule has 2 aromatic carbocycles. The average Bonchev–Trinajstić information content (AvgIpc) is 2.39. The lowest BCUT2D eigenvalue weighted by molar-refractivity contribution is 0.217. The van der Waals surface area contributed by atoms with Gasteiger partial charge in [0.05, 0.1) is 5.02 Å². The van der Waals surface area contributed by atoms with Crippen LogP contribution in [0.15, 0.2) is 51.4 Å². The van der Waals surface area contributed by atoms with E-state index in [1.54, 1.807) is 6.07 Å². The largest absolute Gasteiger partial charge is 0.490 e. The van der Waals surface area contributed by atoms with Crippen molar-refractivity contribution >= 4 is 43.5 Å². The molecule has 0 amide bonds. The van der Waals surface area contributed by atoms with E-state index in [1.807, 2.05) is 36.4 Å². The number of hydrogen-bond donors (Lipinski definition) is 0. The zero-order valence-electron chi connectivity index (χ0n) is 9.91. The predicted molar refractivity (Wildman–Crippen MR) is 84.3 cm³/mol. The fourth-order valence-electron chi connectivity index (χ4n) is 1.43. The number of halogens is 3. The third-order valence-corrected chi connectivity index (χ3v) is 3.63. The zero-order valence-corrected chi connectivity index (χ0v) is 13.8. The molecule has 100 valence electrons. The van der Waals surface area contributed by atoms with E-state index in [9.17, 15) is 0 Å². The summed E-state index contributed by atoms with van der Waals surface area (Å²) in [5.41, 5.74) is 0. The molecule has 0 aromatic heterocycles. The summed E-state index contributed by atoms with van der Waals surface area (Å²) < 4.78 is 13.1. The Kier molecular flexibility index (Phi) is 5.55. The smallest absolute Gasteiger partial charge is 0.138 e. The van der Waals surface area contributed by atoms with Crippen LogP contribution in [0.3, 0.4) is 0 Å². The second-order valence-corrected chi connectivity index (χ2v) is 5.96. The number of benzene rings is 2. The van der Waals surface area contributed by atoms with Crippen molar-refractivity contribution in [2.45, 2.75) is 0 Å². The monoisotopic (exact) mass is 404 g/mol. The maximum Gasteiger partial charge on any atom is 0.138 e. The standard InChI is InChI=1S/C14H11Br2ClO2/c15-10-1-4-12(5-2-10)18-7-8-19-14-6-3-11(16)9-13(14)17/h1-6,9H,7-8H2. The minimum absolute atomic E-state index is 0.442. The first-order chi connectivity index (χ1) is 9.15. The van der Waals surface area contributed by atoms with Crippen molar-refractivity contribution in [1.82, 2.24) is 0 Å². The lowest BCUT2D eigenvalue weighted by Crippen LogP contribution is -2.09. The molecule has 2 rings (SSSR count). The van der Waals surface area contributed by atoms with Gasteiger partial charge in [-0.15, -0.1) is 0 Å². The van der Waals surface area contributed by atoms with Crippen molar-refractivity contribution < 1.29 is 9.47 Å². The van der Waals surface area contributed by atoms with Crippen LogP contribution in [0.4, 0.5) is 0 Å². The van der Waals surface area contributed by atoms with Crippen molar-refractivity contribution in [2.75, 3.05) is 13.2 Å². The molecule has 19 heavy (non-hydrogen) atoms. The van der Waals surface area contributed by atoms with E-state index in [1.165, 1.54) is 0 Å². The Bertz CT molecular complexity index is 544. The summed E-state index contributed by atoms with van der Waals surface area (Å²) in [7, 11) is 0. The van der Waals surface area contributed by atoms with Gasteiger partial charge in [-0.2, -0.15) is 0 Å². The maximum absolute atomic E-state index is 6.04. The van der Waals surface area contributed by atoms with E-state index in [0.717, 1.165) is 14.7 Å². The van der Waals surface area contributed by atoms with Crippen LogP contribution in [0.1, 0.15) is 0 Å². The summed E-state index contributed by atoms with van der Waals surface area (Å²) in [5, 5.41) is 0.581. The van der Waals surface area contributed by atoms with Gasteiger partial charge in [-0.1, -0.05) is 43.5 Å². The molecule has 0 saturated carbocycles. The topological polar surface area (TPSA) is 18.5 Å². The molecule has 0 aliphatic rings. The lowest BCUT2D eigenvalue weighted by atomic mass is 10.3. The van der Waals surface area contributed by atoms with Crippen molar-refractivity contribution in [3.8, 4) is 11.5 Å². The molecule has 5 heteroatoms. The van der Waals surface area contributed by atoms with Gasteiger partial charge in [0.15, 0.2) is 0 Å². The SMILES string of the molecule is Clc1cc(Br)ccc1OCCOc1ccc(Br)cc1. The lowest BCUT2D eigenvalue weighted by Gasteiger charge is -2.09. The van der Waals surface area contributed by atoms with Gasteiger partial charge in [0.25, 0.3) is 0 Å². The van der Waals surface area contributed by atoms with Crippen LogP contribution < -0.4 is 9.47 Å². The number of ether oxygens (including phenoxy) is 2. The van der Waals surface area contributed by atoms with Gasteiger partial charge < -0.3 is 9.47 Å². The van der Waals surface area contributed by atoms with Crippen LogP contribution in [-0.2, 0) is 0 Å². The van der Waals surface area contributed by atoms with Gasteiger partial charge in [-0.3, -0.25) is 0 Å². The summed E-state index contributed by atoms with van der Waals surface area (Å²) in [4.78, 5) is 0. The Balaban J connectivity index is 1.79. The number of rotatable bonds is 5. The van der Waals surface area contributed by atoms with E-state index in [0.29, 0.717) is 24.0 Å². The highest BCUT2D eigenvalue weighted by Crippen LogP contribution is 2.27. The second kappa shape index (κ2) is 7.17. The minimum atomic E-state index is 0.442. The van der Waals surface area contributed by atoms with Crippen LogP contribution >= 0.6 is 43.5 Å². The van der Waals surface area contributed by atoms with Crippen LogP contribution in [0.2, 0.25) is 5.02 Å². The molecule has 0 bridgehead atoms. The molecule has 0 saturated heterocycles. The fourth-order valence-corrected chi connectivity index (χ4v) is 2.43. The molecule has 2 nitrogen and oxygen atoms in total. The Morgan fingerprint density at radius 3 is 2.16 bits per heavy atom. The molecule has 0 aliphatic heterocycles. The van der Waals surface area contributed by atoms with Gasteiger partial charge in [0, 0.05) is 8.95 Å². The van der Waals surface area contributed by atoms with Gasteiger partial charge in [0.1, 0.15) is 24.7 Å². The van der Waals surface area contributed by atoms with Crippen molar-refractivity contribution in [3.63, 3.8) is 0 Å². The summed E-state index contributed by atoms with van der Waals surface area (Å²) in [6.45, 7) is 0.908. The molecule has 0 aliphatic carbocycles. The number of hydrogen-bond acceptors (Lipinski definition) is 2. The van der Waals surface area contributed by atoms with Gasteiger partial charge >= 0.3 is 0 Å². The molecule has 0 unspecified atom stereocenters. The first-order valence-electron chi connectivity index (χ1n) is 5.61.